The maximum atomic E-state index is 12.3. The molecule has 2 unspecified atom stereocenters. The quantitative estimate of drug-likeness (QED) is 0.794. The van der Waals surface area contributed by atoms with Crippen LogP contribution in [0.3, 0.4) is 0 Å². The second-order valence-electron chi connectivity index (χ2n) is 6.12. The van der Waals surface area contributed by atoms with Crippen molar-refractivity contribution in [3.05, 3.63) is 52.6 Å². The third-order valence-corrected chi connectivity index (χ3v) is 7.46. The van der Waals surface area contributed by atoms with E-state index in [1.54, 1.807) is 0 Å². The predicted molar refractivity (Wildman–Crippen MR) is 81.2 cm³/mol. The van der Waals surface area contributed by atoms with Crippen LogP contribution in [0, 0.1) is 0 Å². The summed E-state index contributed by atoms with van der Waals surface area (Å²) in [5.74, 6) is 0. The molecule has 2 nitrogen and oxygen atoms in total. The lowest BCUT2D eigenvalue weighted by Gasteiger charge is -2.33. The minimum atomic E-state index is -2.90. The minimum Gasteiger partial charge on any atom is -0.228 e. The molecule has 0 amide bonds. The van der Waals surface area contributed by atoms with Crippen LogP contribution >= 0.6 is 0 Å². The van der Waals surface area contributed by atoms with Gasteiger partial charge in [0.05, 0.1) is 10.5 Å². The highest BCUT2D eigenvalue weighted by Crippen LogP contribution is 2.40. The molecule has 0 radical (unpaired) electrons. The molecule has 20 heavy (non-hydrogen) atoms. The van der Waals surface area contributed by atoms with Gasteiger partial charge in [0.1, 0.15) is 0 Å². The van der Waals surface area contributed by atoms with Gasteiger partial charge in [-0.25, -0.2) is 8.42 Å². The van der Waals surface area contributed by atoms with Crippen molar-refractivity contribution < 1.29 is 8.42 Å². The van der Waals surface area contributed by atoms with Gasteiger partial charge in [-0.3, -0.25) is 0 Å². The van der Waals surface area contributed by atoms with E-state index in [-0.39, 0.29) is 10.5 Å². The van der Waals surface area contributed by atoms with Gasteiger partial charge in [-0.1, -0.05) is 42.8 Å². The van der Waals surface area contributed by atoms with Gasteiger partial charge in [-0.15, -0.1) is 0 Å². The van der Waals surface area contributed by atoms with Crippen LogP contribution in [0.5, 0.6) is 0 Å². The highest BCUT2D eigenvalue weighted by atomic mass is 32.2. The topological polar surface area (TPSA) is 34.1 Å². The molecule has 2 atom stereocenters. The van der Waals surface area contributed by atoms with Crippen LogP contribution in [0.4, 0.5) is 0 Å². The molecule has 2 heterocycles. The average Bonchev–Trinajstić information content (AvgIpc) is 2.80. The molecule has 2 aliphatic heterocycles. The molecule has 1 fully saturated rings. The standard InChI is InChI=1S/C17H18O2S/c18-20(19)16-6-3-7-17(20)11-15(10-16)14-8-12-4-1-2-5-13(12)9-14/h1-2,4-5,8,10,16-17H,3,6-7,9,11H2. The fourth-order valence-corrected chi connectivity index (χ4v) is 6.03. The third kappa shape index (κ3) is 1.80. The molecule has 4 rings (SSSR count). The van der Waals surface area contributed by atoms with Crippen LogP contribution in [0.15, 0.2) is 41.5 Å². The van der Waals surface area contributed by atoms with Crippen LogP contribution in [-0.2, 0) is 16.3 Å². The summed E-state index contributed by atoms with van der Waals surface area (Å²) in [5, 5.41) is -0.361. The van der Waals surface area contributed by atoms with Gasteiger partial charge in [-0.05, 0) is 48.0 Å². The maximum Gasteiger partial charge on any atom is 0.159 e. The molecule has 1 aliphatic carbocycles. The van der Waals surface area contributed by atoms with Crippen molar-refractivity contribution in [1.29, 1.82) is 0 Å². The summed E-state index contributed by atoms with van der Waals surface area (Å²) in [6.45, 7) is 0. The summed E-state index contributed by atoms with van der Waals surface area (Å²) < 4.78 is 24.6. The van der Waals surface area contributed by atoms with E-state index in [1.165, 1.54) is 22.3 Å². The second kappa shape index (κ2) is 4.32. The highest BCUT2D eigenvalue weighted by molar-refractivity contribution is 7.92. The summed E-state index contributed by atoms with van der Waals surface area (Å²) >= 11 is 0. The first kappa shape index (κ1) is 12.4. The van der Waals surface area contributed by atoms with E-state index in [0.29, 0.717) is 0 Å². The van der Waals surface area contributed by atoms with Gasteiger partial charge < -0.3 is 0 Å². The van der Waals surface area contributed by atoms with Crippen molar-refractivity contribution in [3.8, 4) is 0 Å². The first-order chi connectivity index (χ1) is 9.64. The van der Waals surface area contributed by atoms with Gasteiger partial charge in [0, 0.05) is 0 Å². The van der Waals surface area contributed by atoms with Crippen molar-refractivity contribution in [1.82, 2.24) is 0 Å². The summed E-state index contributed by atoms with van der Waals surface area (Å²) in [6.07, 6.45) is 8.67. The van der Waals surface area contributed by atoms with Crippen molar-refractivity contribution in [2.45, 2.75) is 42.6 Å². The Bertz CT molecular complexity index is 725. The van der Waals surface area contributed by atoms with Crippen molar-refractivity contribution in [2.75, 3.05) is 0 Å². The van der Waals surface area contributed by atoms with E-state index >= 15 is 0 Å². The number of rotatable bonds is 1. The summed E-state index contributed by atoms with van der Waals surface area (Å²) in [5.41, 5.74) is 5.27. The molecule has 3 heteroatoms. The van der Waals surface area contributed by atoms with Crippen LogP contribution in [-0.4, -0.2) is 18.9 Å². The van der Waals surface area contributed by atoms with Gasteiger partial charge in [-0.2, -0.15) is 0 Å². The Balaban J connectivity index is 1.71. The molecule has 104 valence electrons. The van der Waals surface area contributed by atoms with Crippen LogP contribution in [0.1, 0.15) is 36.8 Å². The first-order valence-corrected chi connectivity index (χ1v) is 8.98. The zero-order chi connectivity index (χ0) is 13.7. The minimum absolute atomic E-state index is 0.133. The third-order valence-electron chi connectivity index (χ3n) is 4.91. The Morgan fingerprint density at radius 2 is 1.90 bits per heavy atom. The predicted octanol–water partition coefficient (Wildman–Crippen LogP) is 3.29. The number of hydrogen-bond donors (Lipinski definition) is 0. The molecule has 1 saturated heterocycles. The largest absolute Gasteiger partial charge is 0.228 e. The number of fused-ring (bicyclic) bond motifs is 3. The highest BCUT2D eigenvalue weighted by Gasteiger charge is 2.40. The lowest BCUT2D eigenvalue weighted by atomic mass is 9.92. The molecule has 3 aliphatic rings. The molecule has 0 saturated carbocycles. The Morgan fingerprint density at radius 3 is 2.70 bits per heavy atom. The SMILES string of the molecule is O=S1(=O)C2C=C(C3=Cc4ccccc4C3)CC1CCC2. The monoisotopic (exact) mass is 286 g/mol. The Kier molecular flexibility index (Phi) is 2.68. The van der Waals surface area contributed by atoms with E-state index < -0.39 is 9.84 Å². The summed E-state index contributed by atoms with van der Waals surface area (Å²) in [7, 11) is -2.90. The molecule has 0 N–H and O–H groups in total. The lowest BCUT2D eigenvalue weighted by Crippen LogP contribution is -2.39. The van der Waals surface area contributed by atoms with Crippen molar-refractivity contribution in [3.63, 3.8) is 0 Å². The first-order valence-electron chi connectivity index (χ1n) is 7.37. The van der Waals surface area contributed by atoms with Gasteiger partial charge in [0.15, 0.2) is 9.84 Å². The fourth-order valence-electron chi connectivity index (χ4n) is 3.78. The number of benzene rings is 1. The molecular formula is C17H18O2S. The average molecular weight is 286 g/mol. The normalized spacial score (nSPS) is 30.4. The zero-order valence-electron chi connectivity index (χ0n) is 11.4. The van der Waals surface area contributed by atoms with E-state index in [1.807, 2.05) is 6.08 Å². The van der Waals surface area contributed by atoms with Crippen LogP contribution < -0.4 is 0 Å². The van der Waals surface area contributed by atoms with E-state index in [2.05, 4.69) is 30.3 Å². The number of allylic oxidation sites excluding steroid dienone is 2. The number of sulfone groups is 1. The lowest BCUT2D eigenvalue weighted by molar-refractivity contribution is 0.510. The molecule has 1 aromatic carbocycles. The Labute approximate surface area is 120 Å². The summed E-state index contributed by atoms with van der Waals surface area (Å²) in [4.78, 5) is 0. The van der Waals surface area contributed by atoms with Crippen LogP contribution in [0.2, 0.25) is 0 Å². The molecular weight excluding hydrogens is 268 g/mol. The smallest absolute Gasteiger partial charge is 0.159 e. The number of hydrogen-bond acceptors (Lipinski definition) is 2. The van der Waals surface area contributed by atoms with Crippen molar-refractivity contribution in [2.24, 2.45) is 0 Å². The molecule has 1 aromatic rings. The fraction of sp³-hybridized carbons (Fsp3) is 0.412. The molecule has 2 bridgehead atoms. The van der Waals surface area contributed by atoms with E-state index in [9.17, 15) is 8.42 Å². The van der Waals surface area contributed by atoms with E-state index in [0.717, 1.165) is 32.1 Å². The van der Waals surface area contributed by atoms with Crippen molar-refractivity contribution >= 4 is 15.9 Å². The Morgan fingerprint density at radius 1 is 1.05 bits per heavy atom. The van der Waals surface area contributed by atoms with Crippen LogP contribution in [0.25, 0.3) is 6.08 Å². The second-order valence-corrected chi connectivity index (χ2v) is 8.57. The van der Waals surface area contributed by atoms with Gasteiger partial charge >= 0.3 is 0 Å². The summed E-state index contributed by atoms with van der Waals surface area (Å²) in [6, 6.07) is 8.44. The maximum absolute atomic E-state index is 12.3. The van der Waals surface area contributed by atoms with E-state index in [4.69, 9.17) is 0 Å². The Hall–Kier alpha value is -1.35. The van der Waals surface area contributed by atoms with Gasteiger partial charge in [0.2, 0.25) is 0 Å². The van der Waals surface area contributed by atoms with Gasteiger partial charge in [0.25, 0.3) is 0 Å². The molecule has 0 spiro atoms. The zero-order valence-corrected chi connectivity index (χ0v) is 12.2. The molecule has 0 aromatic heterocycles.